The molecule has 6 aromatic carbocycles. The number of cyclic esters (lactones) is 2. The molecule has 31 heteroatoms. The SMILES string of the molecule is CB(O)N[C@@H](CCC(=O)c1ccc(OCc2ccccc2F)cc1)C(N)=O.CC(C)(C)C(=O)OC(=O)C(C)(C)C.CCC1B(OC#N)COC1=O.N#COB1COC(=O)C1CCC(=O)c1ccc(OCc2ccccc2F)cc1.O=C=O.OB(O)c1ccc(OCc2ccccc2F)cc1. The van der Waals surface area contributed by atoms with E-state index in [0.717, 1.165) is 0 Å². The van der Waals surface area contributed by atoms with Gasteiger partial charge in [-0.1, -0.05) is 73.7 Å². The van der Waals surface area contributed by atoms with Crippen molar-refractivity contribution in [2.45, 2.75) is 125 Å². The van der Waals surface area contributed by atoms with E-state index in [9.17, 15) is 51.8 Å². The van der Waals surface area contributed by atoms with Crippen LogP contribution in [0.15, 0.2) is 146 Å². The number of ether oxygens (including phenoxy) is 6. The van der Waals surface area contributed by atoms with Gasteiger partial charge in [-0.05, 0) is 152 Å². The number of esters is 4. The highest BCUT2D eigenvalue weighted by atomic mass is 19.1. The van der Waals surface area contributed by atoms with Gasteiger partial charge >= 0.3 is 58.0 Å². The minimum absolute atomic E-state index is 0.0271. The molecule has 0 aromatic heterocycles. The average Bonchev–Trinajstić information content (AvgIpc) is 1.50. The second kappa shape index (κ2) is 43.0. The summed E-state index contributed by atoms with van der Waals surface area (Å²) in [6.45, 7) is 13.2. The highest BCUT2D eigenvalue weighted by Crippen LogP contribution is 2.29. The summed E-state index contributed by atoms with van der Waals surface area (Å²) in [7, 11) is -2.39. The number of nitrogens with two attached hydrogens (primary N) is 1. The summed E-state index contributed by atoms with van der Waals surface area (Å²) in [4.78, 5) is 97.3. The Morgan fingerprint density at radius 1 is 0.600 bits per heavy atom. The minimum Gasteiger partial charge on any atom is -0.493 e. The summed E-state index contributed by atoms with van der Waals surface area (Å²) in [6.07, 6.45) is 4.68. The van der Waals surface area contributed by atoms with E-state index in [0.29, 0.717) is 56.9 Å². The van der Waals surface area contributed by atoms with Crippen molar-refractivity contribution in [3.63, 3.8) is 0 Å². The summed E-state index contributed by atoms with van der Waals surface area (Å²) >= 11 is 0. The van der Waals surface area contributed by atoms with Gasteiger partial charge in [0.2, 0.25) is 5.91 Å². The number of nitrogens with zero attached hydrogens (tertiary/aromatic N) is 2. The van der Waals surface area contributed by atoms with Crippen LogP contribution in [0.3, 0.4) is 0 Å². The Hall–Kier alpha value is -10.5. The highest BCUT2D eigenvalue weighted by Gasteiger charge is 2.44. The lowest BCUT2D eigenvalue weighted by molar-refractivity contribution is -0.192. The summed E-state index contributed by atoms with van der Waals surface area (Å²) in [5.41, 5.74) is 6.70. The number of primary amides is 1. The molecule has 100 heavy (non-hydrogen) atoms. The second-order valence-corrected chi connectivity index (χ2v) is 24.0. The summed E-state index contributed by atoms with van der Waals surface area (Å²) in [5.74, 6) is -2.87. The normalized spacial score (nSPS) is 13.6. The fourth-order valence-corrected chi connectivity index (χ4v) is 8.56. The zero-order chi connectivity index (χ0) is 74.5. The molecule has 2 unspecified atom stereocenters. The molecular formula is C69H77B4F3N4O20. The minimum atomic E-state index is -1.49. The lowest BCUT2D eigenvalue weighted by Gasteiger charge is -2.20. The standard InChI is InChI=1S/C20H17BFNO5.C19H22BFN2O4.C13H12BFO3.C10H18O3.C6H8BNO3.CO2/c22-18-4-2-1-3-15(18)11-26-16-7-5-14(6-8-16)19(24)10-9-17-20(25)27-12-21(17)28-13-23;1-20(26)23-17(19(22)25)10-11-18(24)13-6-8-15(9-7-13)27-12-14-4-2-3-5-16(14)21;15-13-4-2-1-3-10(13)9-18-12-7-5-11(6-8-12)14(16)17;1-9(2,3)7(11)13-8(12)10(4,5)6;1-2-5-6(9)10-3-7(5)11-4-8;2-1-3/h1-8,17H,9-12H2;2-9,17,23,26H,10-12H2,1H3,(H2,22,25);1-8,16-17H,9H2;1-6H3;5H,2-3H2,1H3;/t;17-;;;;/m.0..../s1. The number of carbonyl (C=O) groups is 7. The third kappa shape index (κ3) is 30.1. The molecule has 526 valence electrons. The predicted octanol–water partition coefficient (Wildman–Crippen LogP) is 8.25. The van der Waals surface area contributed by atoms with E-state index in [2.05, 4.69) is 9.88 Å². The second-order valence-electron chi connectivity index (χ2n) is 24.0. The van der Waals surface area contributed by atoms with Crippen LogP contribution in [-0.4, -0.2) is 110 Å². The maximum absolute atomic E-state index is 13.6. The highest BCUT2D eigenvalue weighted by molar-refractivity contribution is 6.61. The van der Waals surface area contributed by atoms with Gasteiger partial charge in [0.05, 0.1) is 28.5 Å². The predicted molar refractivity (Wildman–Crippen MR) is 358 cm³/mol. The zero-order valence-electron chi connectivity index (χ0n) is 56.4. The van der Waals surface area contributed by atoms with Crippen LogP contribution in [-0.2, 0) is 76.9 Å². The Bertz CT molecular complexity index is 3730. The molecule has 1 amide bonds. The van der Waals surface area contributed by atoms with Crippen LogP contribution >= 0.6 is 0 Å². The number of hydrogen-bond acceptors (Lipinski definition) is 23. The number of carbonyl (C=O) groups excluding carboxylic acids is 9. The van der Waals surface area contributed by atoms with Crippen LogP contribution in [0.25, 0.3) is 0 Å². The van der Waals surface area contributed by atoms with E-state index < -0.39 is 67.6 Å². The number of ketones is 2. The van der Waals surface area contributed by atoms with Crippen molar-refractivity contribution >= 4 is 81.0 Å². The molecule has 0 spiro atoms. The molecule has 0 bridgehead atoms. The van der Waals surface area contributed by atoms with Crippen molar-refractivity contribution in [3.05, 3.63) is 191 Å². The van der Waals surface area contributed by atoms with Crippen LogP contribution in [0.1, 0.15) is 118 Å². The maximum Gasteiger partial charge on any atom is 0.488 e. The fraction of sp³-hybridized carbons (Fsp3) is 0.333. The number of halogens is 3. The maximum atomic E-state index is 13.6. The molecule has 2 aliphatic rings. The van der Waals surface area contributed by atoms with Crippen molar-refractivity contribution in [1.29, 1.82) is 10.5 Å². The van der Waals surface area contributed by atoms with Crippen LogP contribution in [0.4, 0.5) is 13.2 Å². The Morgan fingerprint density at radius 3 is 1.28 bits per heavy atom. The molecule has 0 radical (unpaired) electrons. The molecule has 8 rings (SSSR count). The molecule has 2 saturated heterocycles. The first-order chi connectivity index (χ1) is 47.4. The molecule has 0 aliphatic carbocycles. The van der Waals surface area contributed by atoms with Gasteiger partial charge in [0.1, 0.15) is 67.5 Å². The number of nitrogens with one attached hydrogen (secondary N) is 1. The van der Waals surface area contributed by atoms with E-state index in [1.54, 1.807) is 181 Å². The number of rotatable bonds is 24. The van der Waals surface area contributed by atoms with Crippen molar-refractivity contribution in [2.75, 3.05) is 13.0 Å². The van der Waals surface area contributed by atoms with Gasteiger partial charge in [-0.25, -0.2) is 13.2 Å². The Kier molecular flexibility index (Phi) is 36.0. The monoisotopic (exact) mass is 1380 g/mol. The molecular weight excluding hydrogens is 1310 g/mol. The van der Waals surface area contributed by atoms with Gasteiger partial charge in [-0.2, -0.15) is 20.1 Å². The van der Waals surface area contributed by atoms with Gasteiger partial charge < -0.3 is 63.8 Å². The Morgan fingerprint density at radius 2 is 0.950 bits per heavy atom. The van der Waals surface area contributed by atoms with Crippen LogP contribution < -0.4 is 30.6 Å². The Labute approximate surface area is 578 Å². The third-order valence-electron chi connectivity index (χ3n) is 14.3. The lowest BCUT2D eigenvalue weighted by atomic mass is 9.57. The number of Topliss-reactive ketones (excluding diaryl/α,β-unsaturated/α-hetero) is 2. The number of nitriles is 2. The van der Waals surface area contributed by atoms with Crippen LogP contribution in [0.5, 0.6) is 17.2 Å². The molecule has 24 nitrogen and oxygen atoms in total. The van der Waals surface area contributed by atoms with Gasteiger partial charge in [-0.15, -0.1) is 0 Å². The first-order valence-electron chi connectivity index (χ1n) is 31.1. The fourth-order valence-electron chi connectivity index (χ4n) is 8.56. The first-order valence-corrected chi connectivity index (χ1v) is 31.1. The summed E-state index contributed by atoms with van der Waals surface area (Å²) < 4.78 is 80.7. The zero-order valence-corrected chi connectivity index (χ0v) is 56.4. The quantitative estimate of drug-likeness (QED) is 0.00950. The smallest absolute Gasteiger partial charge is 0.488 e. The number of amides is 1. The average molecular weight is 1380 g/mol. The van der Waals surface area contributed by atoms with Crippen LogP contribution in [0.2, 0.25) is 18.5 Å². The molecule has 2 fully saturated rings. The van der Waals surface area contributed by atoms with Crippen molar-refractivity contribution < 1.29 is 109 Å². The van der Waals surface area contributed by atoms with Gasteiger partial charge in [-0.3, -0.25) is 33.6 Å². The first kappa shape index (κ1) is 83.7. The molecule has 6 N–H and O–H groups in total. The van der Waals surface area contributed by atoms with E-state index in [1.807, 2.05) is 6.92 Å². The van der Waals surface area contributed by atoms with Crippen molar-refractivity contribution in [1.82, 2.24) is 5.23 Å². The largest absolute Gasteiger partial charge is 0.493 e. The number of benzene rings is 6. The van der Waals surface area contributed by atoms with E-state index in [4.69, 9.17) is 69.0 Å². The Balaban J connectivity index is 0.000000335. The summed E-state index contributed by atoms with van der Waals surface area (Å²) in [6, 6.07) is 37.6. The van der Waals surface area contributed by atoms with Gasteiger partial charge in [0.25, 0.3) is 12.5 Å². The van der Waals surface area contributed by atoms with E-state index in [1.165, 1.54) is 25.0 Å². The molecule has 3 atom stereocenters. The number of hydrogen-bond donors (Lipinski definition) is 5. The van der Waals surface area contributed by atoms with Crippen molar-refractivity contribution in [3.8, 4) is 29.8 Å². The lowest BCUT2D eigenvalue weighted by Crippen LogP contribution is -2.47. The van der Waals surface area contributed by atoms with E-state index >= 15 is 0 Å². The van der Waals surface area contributed by atoms with Gasteiger partial charge in [0.15, 0.2) is 11.6 Å². The van der Waals surface area contributed by atoms with Crippen LogP contribution in [0, 0.1) is 51.3 Å². The molecule has 6 aromatic rings. The van der Waals surface area contributed by atoms with Crippen molar-refractivity contribution in [2.24, 2.45) is 16.6 Å². The third-order valence-corrected chi connectivity index (χ3v) is 14.3. The molecule has 0 saturated carbocycles. The molecule has 2 aliphatic heterocycles. The summed E-state index contributed by atoms with van der Waals surface area (Å²) in [5, 5.41) is 46.5. The topological polar surface area (TPSA) is 374 Å². The van der Waals surface area contributed by atoms with E-state index in [-0.39, 0.29) is 112 Å². The molecule has 2 heterocycles. The van der Waals surface area contributed by atoms with Gasteiger partial charge in [0, 0.05) is 40.7 Å².